The molecule has 2 N–H and O–H groups in total. The number of nitrogens with one attached hydrogen (secondary N) is 1. The molecule has 1 amide bonds. The second-order valence-electron chi connectivity index (χ2n) is 4.81. The summed E-state index contributed by atoms with van der Waals surface area (Å²) in [4.78, 5) is 14.4. The summed E-state index contributed by atoms with van der Waals surface area (Å²) >= 11 is 0. The van der Waals surface area contributed by atoms with Gasteiger partial charge in [0, 0.05) is 25.2 Å². The molecule has 0 aliphatic carbocycles. The molecule has 4 nitrogen and oxygen atoms in total. The van der Waals surface area contributed by atoms with Crippen molar-refractivity contribution in [1.82, 2.24) is 10.2 Å². The minimum atomic E-state index is 0.0615. The molecule has 0 radical (unpaired) electrons. The molecule has 1 fully saturated rings. The molecule has 0 spiro atoms. The lowest BCUT2D eigenvalue weighted by molar-refractivity contribution is 0.0615. The van der Waals surface area contributed by atoms with Crippen LogP contribution in [0.2, 0.25) is 0 Å². The molecule has 1 aliphatic rings. The summed E-state index contributed by atoms with van der Waals surface area (Å²) in [6.07, 6.45) is 0.958. The molecule has 1 aliphatic heterocycles. The molecule has 0 unspecified atom stereocenters. The van der Waals surface area contributed by atoms with Gasteiger partial charge in [0.2, 0.25) is 0 Å². The second kappa shape index (κ2) is 5.40. The van der Waals surface area contributed by atoms with E-state index in [-0.39, 0.29) is 11.7 Å². The van der Waals surface area contributed by atoms with Crippen LogP contribution in [0.3, 0.4) is 0 Å². The highest BCUT2D eigenvalue weighted by molar-refractivity contribution is 5.95. The van der Waals surface area contributed by atoms with Gasteiger partial charge < -0.3 is 15.3 Å². The molecule has 1 heterocycles. The first-order valence-electron chi connectivity index (χ1n) is 6.44. The molecule has 0 bridgehead atoms. The Hall–Kier alpha value is -1.55. The lowest BCUT2D eigenvalue weighted by atomic mass is 10.1. The summed E-state index contributed by atoms with van der Waals surface area (Å²) in [6, 6.07) is 5.35. The van der Waals surface area contributed by atoms with Crippen molar-refractivity contribution in [1.29, 1.82) is 0 Å². The Kier molecular flexibility index (Phi) is 3.87. The van der Waals surface area contributed by atoms with Gasteiger partial charge in [0.15, 0.2) is 0 Å². The van der Waals surface area contributed by atoms with E-state index in [9.17, 15) is 9.90 Å². The van der Waals surface area contributed by atoms with Crippen LogP contribution < -0.4 is 5.32 Å². The molecule has 18 heavy (non-hydrogen) atoms. The lowest BCUT2D eigenvalue weighted by Gasteiger charge is -2.38. The van der Waals surface area contributed by atoms with Gasteiger partial charge in [-0.05, 0) is 37.1 Å². The Balaban J connectivity index is 2.18. The van der Waals surface area contributed by atoms with E-state index in [0.717, 1.165) is 31.6 Å². The molecular weight excluding hydrogens is 228 g/mol. The fourth-order valence-corrected chi connectivity index (χ4v) is 2.14. The molecule has 2 rings (SSSR count). The van der Waals surface area contributed by atoms with Gasteiger partial charge in [0.1, 0.15) is 5.75 Å². The van der Waals surface area contributed by atoms with E-state index in [4.69, 9.17) is 0 Å². The van der Waals surface area contributed by atoms with Crippen LogP contribution in [0.5, 0.6) is 5.75 Å². The SMILES string of the molecule is CCCN(C(=O)c1ccc(O)c(C)c1)C1CNC1. The molecule has 4 heteroatoms. The number of benzene rings is 1. The summed E-state index contributed by atoms with van der Waals surface area (Å²) in [5.74, 6) is 0.297. The van der Waals surface area contributed by atoms with Crippen LogP contribution >= 0.6 is 0 Å². The largest absolute Gasteiger partial charge is 0.508 e. The standard InChI is InChI=1S/C14H20N2O2/c1-3-6-16(12-8-15-9-12)14(18)11-4-5-13(17)10(2)7-11/h4-5,7,12,15,17H,3,6,8-9H2,1-2H3. The zero-order valence-corrected chi connectivity index (χ0v) is 10.9. The van der Waals surface area contributed by atoms with Crippen molar-refractivity contribution in [3.05, 3.63) is 29.3 Å². The summed E-state index contributed by atoms with van der Waals surface area (Å²) in [5, 5.41) is 12.7. The normalized spacial score (nSPS) is 15.2. The van der Waals surface area contributed by atoms with Crippen LogP contribution in [-0.2, 0) is 0 Å². The number of rotatable bonds is 4. The number of carbonyl (C=O) groups excluding carboxylic acids is 1. The van der Waals surface area contributed by atoms with Crippen LogP contribution in [-0.4, -0.2) is 41.6 Å². The molecule has 1 saturated heterocycles. The highest BCUT2D eigenvalue weighted by Crippen LogP contribution is 2.19. The average molecular weight is 248 g/mol. The number of amides is 1. The number of phenols is 1. The zero-order chi connectivity index (χ0) is 13.1. The predicted octanol–water partition coefficient (Wildman–Crippen LogP) is 1.52. The zero-order valence-electron chi connectivity index (χ0n) is 10.9. The van der Waals surface area contributed by atoms with Crippen molar-refractivity contribution < 1.29 is 9.90 Å². The van der Waals surface area contributed by atoms with Crippen molar-refractivity contribution >= 4 is 5.91 Å². The van der Waals surface area contributed by atoms with Gasteiger partial charge in [-0.3, -0.25) is 4.79 Å². The monoisotopic (exact) mass is 248 g/mol. The first kappa shape index (κ1) is 12.9. The molecule has 1 aromatic rings. The second-order valence-corrected chi connectivity index (χ2v) is 4.81. The Bertz CT molecular complexity index is 441. The topological polar surface area (TPSA) is 52.6 Å². The van der Waals surface area contributed by atoms with Crippen LogP contribution in [0.1, 0.15) is 29.3 Å². The number of phenolic OH excluding ortho intramolecular Hbond substituents is 1. The van der Waals surface area contributed by atoms with Crippen molar-refractivity contribution in [3.8, 4) is 5.75 Å². The number of nitrogens with zero attached hydrogens (tertiary/aromatic N) is 1. The van der Waals surface area contributed by atoms with Crippen LogP contribution in [0.4, 0.5) is 0 Å². The maximum absolute atomic E-state index is 12.4. The molecule has 98 valence electrons. The lowest BCUT2D eigenvalue weighted by Crippen LogP contribution is -2.59. The van der Waals surface area contributed by atoms with Gasteiger partial charge >= 0.3 is 0 Å². The Morgan fingerprint density at radius 3 is 2.72 bits per heavy atom. The molecular formula is C14H20N2O2. The maximum Gasteiger partial charge on any atom is 0.254 e. The van der Waals surface area contributed by atoms with E-state index in [1.165, 1.54) is 0 Å². The Labute approximate surface area is 108 Å². The first-order chi connectivity index (χ1) is 8.63. The Morgan fingerprint density at radius 2 is 2.22 bits per heavy atom. The van der Waals surface area contributed by atoms with Gasteiger partial charge in [-0.15, -0.1) is 0 Å². The van der Waals surface area contributed by atoms with E-state index in [2.05, 4.69) is 12.2 Å². The smallest absolute Gasteiger partial charge is 0.254 e. The number of hydrogen-bond donors (Lipinski definition) is 2. The van der Waals surface area contributed by atoms with Crippen molar-refractivity contribution in [2.24, 2.45) is 0 Å². The van der Waals surface area contributed by atoms with Crippen molar-refractivity contribution in [2.45, 2.75) is 26.3 Å². The predicted molar refractivity (Wildman–Crippen MR) is 70.8 cm³/mol. The molecule has 0 atom stereocenters. The van der Waals surface area contributed by atoms with Gasteiger partial charge in [-0.25, -0.2) is 0 Å². The summed E-state index contributed by atoms with van der Waals surface area (Å²) in [7, 11) is 0. The third kappa shape index (κ3) is 2.48. The van der Waals surface area contributed by atoms with E-state index in [1.54, 1.807) is 25.1 Å². The minimum absolute atomic E-state index is 0.0615. The quantitative estimate of drug-likeness (QED) is 0.849. The van der Waals surface area contributed by atoms with Crippen LogP contribution in [0.25, 0.3) is 0 Å². The van der Waals surface area contributed by atoms with Gasteiger partial charge in [-0.2, -0.15) is 0 Å². The molecule has 1 aromatic carbocycles. The molecule has 0 aromatic heterocycles. The number of aromatic hydroxyl groups is 1. The van der Waals surface area contributed by atoms with Gasteiger partial charge in [0.05, 0.1) is 6.04 Å². The van der Waals surface area contributed by atoms with Crippen LogP contribution in [0, 0.1) is 6.92 Å². The first-order valence-corrected chi connectivity index (χ1v) is 6.44. The molecule has 0 saturated carbocycles. The van der Waals surface area contributed by atoms with E-state index < -0.39 is 0 Å². The third-order valence-corrected chi connectivity index (χ3v) is 3.37. The van der Waals surface area contributed by atoms with Crippen molar-refractivity contribution in [3.63, 3.8) is 0 Å². The highest BCUT2D eigenvalue weighted by atomic mass is 16.3. The number of aryl methyl sites for hydroxylation is 1. The van der Waals surface area contributed by atoms with E-state index in [0.29, 0.717) is 11.6 Å². The van der Waals surface area contributed by atoms with Gasteiger partial charge in [-0.1, -0.05) is 6.92 Å². The van der Waals surface area contributed by atoms with E-state index >= 15 is 0 Å². The Morgan fingerprint density at radius 1 is 1.50 bits per heavy atom. The van der Waals surface area contributed by atoms with Gasteiger partial charge in [0.25, 0.3) is 5.91 Å². The summed E-state index contributed by atoms with van der Waals surface area (Å²) in [6.45, 7) is 6.42. The highest BCUT2D eigenvalue weighted by Gasteiger charge is 2.28. The minimum Gasteiger partial charge on any atom is -0.508 e. The maximum atomic E-state index is 12.4. The van der Waals surface area contributed by atoms with E-state index in [1.807, 2.05) is 4.90 Å². The number of carbonyl (C=O) groups is 1. The van der Waals surface area contributed by atoms with Crippen LogP contribution in [0.15, 0.2) is 18.2 Å². The fraction of sp³-hybridized carbons (Fsp3) is 0.500. The number of hydrogen-bond acceptors (Lipinski definition) is 3. The average Bonchev–Trinajstić information content (AvgIpc) is 2.29. The third-order valence-electron chi connectivity index (χ3n) is 3.37. The fourth-order valence-electron chi connectivity index (χ4n) is 2.14. The summed E-state index contributed by atoms with van der Waals surface area (Å²) in [5.41, 5.74) is 1.40. The summed E-state index contributed by atoms with van der Waals surface area (Å²) < 4.78 is 0. The van der Waals surface area contributed by atoms with Crippen molar-refractivity contribution in [2.75, 3.05) is 19.6 Å².